The lowest BCUT2D eigenvalue weighted by molar-refractivity contribution is -0.154. The van der Waals surface area contributed by atoms with Crippen molar-refractivity contribution in [2.45, 2.75) is 38.1 Å². The number of piperidine rings is 2. The van der Waals surface area contributed by atoms with E-state index in [2.05, 4.69) is 9.88 Å². The minimum Gasteiger partial charge on any atom is -0.480 e. The summed E-state index contributed by atoms with van der Waals surface area (Å²) >= 11 is 0. The Morgan fingerprint density at radius 1 is 1.08 bits per heavy atom. The Labute approximate surface area is 151 Å². The number of carboxylic acid groups (broad SMARTS) is 1. The Kier molecular flexibility index (Phi) is 4.53. The maximum atomic E-state index is 12.9. The molecule has 0 spiro atoms. The van der Waals surface area contributed by atoms with E-state index >= 15 is 0 Å². The van der Waals surface area contributed by atoms with E-state index in [1.807, 2.05) is 24.3 Å². The van der Waals surface area contributed by atoms with Gasteiger partial charge in [-0.2, -0.15) is 4.98 Å². The summed E-state index contributed by atoms with van der Waals surface area (Å²) in [7, 11) is 0. The molecule has 2 aliphatic heterocycles. The van der Waals surface area contributed by atoms with E-state index in [9.17, 15) is 14.7 Å². The highest BCUT2D eigenvalue weighted by atomic mass is 16.4. The molecule has 7 nitrogen and oxygen atoms in total. The quantitative estimate of drug-likeness (QED) is 0.908. The van der Waals surface area contributed by atoms with Crippen molar-refractivity contribution in [3.8, 4) is 0 Å². The molecule has 138 valence electrons. The molecule has 1 aromatic carbocycles. The van der Waals surface area contributed by atoms with Gasteiger partial charge in [-0.25, -0.2) is 4.79 Å². The van der Waals surface area contributed by atoms with Gasteiger partial charge in [0.2, 0.25) is 5.91 Å². The average Bonchev–Trinajstić information content (AvgIpc) is 3.12. The number of hydrogen-bond acceptors (Lipinski definition) is 5. The molecule has 4 rings (SSSR count). The van der Waals surface area contributed by atoms with Crippen LogP contribution in [0.4, 0.5) is 6.01 Å². The highest BCUT2D eigenvalue weighted by Crippen LogP contribution is 2.29. The summed E-state index contributed by atoms with van der Waals surface area (Å²) in [6.45, 7) is 1.94. The number of nitrogens with zero attached hydrogens (tertiary/aromatic N) is 3. The van der Waals surface area contributed by atoms with E-state index < -0.39 is 12.0 Å². The van der Waals surface area contributed by atoms with Gasteiger partial charge in [0.1, 0.15) is 11.6 Å². The number of anilines is 1. The number of para-hydroxylation sites is 2. The van der Waals surface area contributed by atoms with Crippen molar-refractivity contribution in [3.63, 3.8) is 0 Å². The molecule has 0 bridgehead atoms. The number of benzene rings is 1. The molecule has 1 atom stereocenters. The summed E-state index contributed by atoms with van der Waals surface area (Å²) in [6, 6.07) is 7.59. The first-order chi connectivity index (χ1) is 12.6. The monoisotopic (exact) mass is 357 g/mol. The van der Waals surface area contributed by atoms with Gasteiger partial charge in [0.05, 0.1) is 0 Å². The molecule has 3 heterocycles. The number of carboxylic acids is 1. The second kappa shape index (κ2) is 6.97. The van der Waals surface area contributed by atoms with Crippen LogP contribution in [0.1, 0.15) is 32.1 Å². The van der Waals surface area contributed by atoms with Crippen LogP contribution in [0.5, 0.6) is 0 Å². The topological polar surface area (TPSA) is 86.9 Å². The number of amides is 1. The lowest BCUT2D eigenvalue weighted by atomic mass is 9.92. The van der Waals surface area contributed by atoms with Crippen LogP contribution in [0.2, 0.25) is 0 Å². The van der Waals surface area contributed by atoms with Gasteiger partial charge < -0.3 is 19.3 Å². The number of aliphatic carboxylic acids is 1. The highest BCUT2D eigenvalue weighted by Gasteiger charge is 2.37. The summed E-state index contributed by atoms with van der Waals surface area (Å²) in [6.07, 6.45) is 3.71. The van der Waals surface area contributed by atoms with Crippen molar-refractivity contribution in [2.75, 3.05) is 24.5 Å². The van der Waals surface area contributed by atoms with E-state index in [0.717, 1.165) is 23.9 Å². The standard InChI is InChI=1S/C19H23N3O4/c23-17(22-10-4-3-6-15(22)18(24)25)13-8-11-21(12-9-13)19-20-14-5-1-2-7-16(14)26-19/h1-2,5,7,13,15H,3-4,6,8-12H2,(H,24,25). The van der Waals surface area contributed by atoms with Crippen molar-refractivity contribution in [1.82, 2.24) is 9.88 Å². The van der Waals surface area contributed by atoms with Crippen LogP contribution in [0.3, 0.4) is 0 Å². The number of carbonyl (C=O) groups is 2. The molecule has 2 saturated heterocycles. The normalized spacial score (nSPS) is 21.9. The fraction of sp³-hybridized carbons (Fsp3) is 0.526. The molecule has 0 radical (unpaired) electrons. The highest BCUT2D eigenvalue weighted by molar-refractivity contribution is 5.85. The van der Waals surface area contributed by atoms with Crippen molar-refractivity contribution in [2.24, 2.45) is 5.92 Å². The predicted octanol–water partition coefficient (Wildman–Crippen LogP) is 2.51. The molecule has 1 amide bonds. The number of aromatic nitrogens is 1. The number of oxazole rings is 1. The molecule has 1 aromatic heterocycles. The van der Waals surface area contributed by atoms with Crippen LogP contribution < -0.4 is 4.90 Å². The zero-order valence-corrected chi connectivity index (χ0v) is 14.6. The first kappa shape index (κ1) is 16.9. The maximum Gasteiger partial charge on any atom is 0.326 e. The first-order valence-corrected chi connectivity index (χ1v) is 9.27. The van der Waals surface area contributed by atoms with Crippen molar-refractivity contribution in [1.29, 1.82) is 0 Å². The Balaban J connectivity index is 1.41. The van der Waals surface area contributed by atoms with Gasteiger partial charge in [-0.05, 0) is 44.2 Å². The smallest absolute Gasteiger partial charge is 0.326 e. The van der Waals surface area contributed by atoms with E-state index in [-0.39, 0.29) is 11.8 Å². The van der Waals surface area contributed by atoms with E-state index in [1.165, 1.54) is 0 Å². The summed E-state index contributed by atoms with van der Waals surface area (Å²) < 4.78 is 5.81. The second-order valence-electron chi connectivity index (χ2n) is 7.11. The van der Waals surface area contributed by atoms with Crippen molar-refractivity contribution < 1.29 is 19.1 Å². The molecular formula is C19H23N3O4. The Bertz CT molecular complexity index is 777. The molecule has 26 heavy (non-hydrogen) atoms. The van der Waals surface area contributed by atoms with Crippen LogP contribution >= 0.6 is 0 Å². The lowest BCUT2D eigenvalue weighted by Gasteiger charge is -2.38. The van der Waals surface area contributed by atoms with Crippen LogP contribution in [0, 0.1) is 5.92 Å². The minimum absolute atomic E-state index is 0.00526. The largest absolute Gasteiger partial charge is 0.480 e. The fourth-order valence-corrected chi connectivity index (χ4v) is 4.00. The SMILES string of the molecule is O=C(O)C1CCCCN1C(=O)C1CCN(c2nc3ccccc3o2)CC1. The third-order valence-electron chi connectivity index (χ3n) is 5.47. The van der Waals surface area contributed by atoms with E-state index in [0.29, 0.717) is 44.9 Å². The number of fused-ring (bicyclic) bond motifs is 1. The molecule has 1 N–H and O–H groups in total. The lowest BCUT2D eigenvalue weighted by Crippen LogP contribution is -2.51. The van der Waals surface area contributed by atoms with Crippen LogP contribution in [-0.2, 0) is 9.59 Å². The fourth-order valence-electron chi connectivity index (χ4n) is 4.00. The summed E-state index contributed by atoms with van der Waals surface area (Å²) in [4.78, 5) is 32.5. The molecule has 2 fully saturated rings. The van der Waals surface area contributed by atoms with Gasteiger partial charge in [0.25, 0.3) is 6.01 Å². The summed E-state index contributed by atoms with van der Waals surface area (Å²) in [5.41, 5.74) is 1.59. The van der Waals surface area contributed by atoms with Crippen LogP contribution in [-0.4, -0.2) is 52.5 Å². The van der Waals surface area contributed by atoms with Gasteiger partial charge in [0, 0.05) is 25.6 Å². The molecule has 7 heteroatoms. The summed E-state index contributed by atoms with van der Waals surface area (Å²) in [5, 5.41) is 9.39. The van der Waals surface area contributed by atoms with Crippen molar-refractivity contribution >= 4 is 29.0 Å². The molecule has 2 aliphatic rings. The van der Waals surface area contributed by atoms with Crippen molar-refractivity contribution in [3.05, 3.63) is 24.3 Å². The van der Waals surface area contributed by atoms with Crippen LogP contribution in [0.25, 0.3) is 11.1 Å². The Morgan fingerprint density at radius 2 is 1.85 bits per heavy atom. The van der Waals surface area contributed by atoms with Gasteiger partial charge in [-0.15, -0.1) is 0 Å². The van der Waals surface area contributed by atoms with Gasteiger partial charge in [-0.1, -0.05) is 12.1 Å². The maximum absolute atomic E-state index is 12.9. The van der Waals surface area contributed by atoms with Crippen LogP contribution in [0.15, 0.2) is 28.7 Å². The Hall–Kier alpha value is -2.57. The minimum atomic E-state index is -0.887. The van der Waals surface area contributed by atoms with E-state index in [1.54, 1.807) is 4.90 Å². The first-order valence-electron chi connectivity index (χ1n) is 9.27. The van der Waals surface area contributed by atoms with E-state index in [4.69, 9.17) is 4.42 Å². The summed E-state index contributed by atoms with van der Waals surface area (Å²) in [5.74, 6) is -1.01. The predicted molar refractivity (Wildman–Crippen MR) is 95.9 cm³/mol. The molecule has 0 saturated carbocycles. The molecule has 1 unspecified atom stereocenters. The molecule has 0 aliphatic carbocycles. The average molecular weight is 357 g/mol. The number of likely N-dealkylation sites (tertiary alicyclic amines) is 1. The van der Waals surface area contributed by atoms with Gasteiger partial charge in [-0.3, -0.25) is 4.79 Å². The Morgan fingerprint density at radius 3 is 2.58 bits per heavy atom. The van der Waals surface area contributed by atoms with Gasteiger partial charge >= 0.3 is 5.97 Å². The molecule has 2 aromatic rings. The zero-order valence-electron chi connectivity index (χ0n) is 14.6. The molecular weight excluding hydrogens is 334 g/mol. The number of hydrogen-bond donors (Lipinski definition) is 1. The number of carbonyl (C=O) groups excluding carboxylic acids is 1. The third kappa shape index (κ3) is 3.13. The van der Waals surface area contributed by atoms with Gasteiger partial charge in [0.15, 0.2) is 5.58 Å². The second-order valence-corrected chi connectivity index (χ2v) is 7.11. The third-order valence-corrected chi connectivity index (χ3v) is 5.47. The number of rotatable bonds is 3. The zero-order chi connectivity index (χ0) is 18.1.